The highest BCUT2D eigenvalue weighted by molar-refractivity contribution is 9.10. The summed E-state index contributed by atoms with van der Waals surface area (Å²) < 4.78 is 0.839. The van der Waals surface area contributed by atoms with Gasteiger partial charge in [-0.05, 0) is 30.2 Å². The summed E-state index contributed by atoms with van der Waals surface area (Å²) >= 11 is 3.29. The number of nitriles is 1. The van der Waals surface area contributed by atoms with Gasteiger partial charge in [-0.15, -0.1) is 0 Å². The van der Waals surface area contributed by atoms with E-state index < -0.39 is 12.2 Å². The number of benzene rings is 1. The van der Waals surface area contributed by atoms with Crippen molar-refractivity contribution in [3.8, 4) is 6.07 Å². The van der Waals surface area contributed by atoms with Crippen molar-refractivity contribution in [2.24, 2.45) is 0 Å². The topological polar surface area (TPSA) is 64.2 Å². The van der Waals surface area contributed by atoms with Gasteiger partial charge in [0.05, 0.1) is 18.6 Å². The second kappa shape index (κ2) is 5.26. The Morgan fingerprint density at radius 1 is 1.47 bits per heavy atom. The molecule has 0 spiro atoms. The fraction of sp³-hybridized carbons (Fsp3) is 0.364. The zero-order valence-electron chi connectivity index (χ0n) is 8.31. The van der Waals surface area contributed by atoms with E-state index in [0.29, 0.717) is 5.56 Å². The molecule has 0 aliphatic carbocycles. The monoisotopic (exact) mass is 269 g/mol. The highest BCUT2D eigenvalue weighted by atomic mass is 79.9. The molecular formula is C11H12BrNO2. The lowest BCUT2D eigenvalue weighted by Crippen LogP contribution is -2.18. The lowest BCUT2D eigenvalue weighted by Gasteiger charge is -2.17. The zero-order chi connectivity index (χ0) is 11.4. The van der Waals surface area contributed by atoms with Gasteiger partial charge in [0.25, 0.3) is 0 Å². The number of nitrogens with zero attached hydrogens (tertiary/aromatic N) is 1. The highest BCUT2D eigenvalue weighted by Gasteiger charge is 2.19. The highest BCUT2D eigenvalue weighted by Crippen LogP contribution is 2.25. The predicted molar refractivity (Wildman–Crippen MR) is 60.1 cm³/mol. The summed E-state index contributed by atoms with van der Waals surface area (Å²) in [5, 5.41) is 27.7. The van der Waals surface area contributed by atoms with Gasteiger partial charge in [0.15, 0.2) is 0 Å². The summed E-state index contributed by atoms with van der Waals surface area (Å²) in [6, 6.07) is 7.29. The summed E-state index contributed by atoms with van der Waals surface area (Å²) in [5.41, 5.74) is 1.54. The average molecular weight is 270 g/mol. The molecule has 1 aromatic carbocycles. The molecule has 0 bridgehead atoms. The lowest BCUT2D eigenvalue weighted by atomic mass is 9.98. The van der Waals surface area contributed by atoms with Crippen LogP contribution in [0.1, 0.15) is 23.7 Å². The fourth-order valence-electron chi connectivity index (χ4n) is 1.34. The summed E-state index contributed by atoms with van der Waals surface area (Å²) in [5.74, 6) is 0. The van der Waals surface area contributed by atoms with E-state index in [-0.39, 0.29) is 6.42 Å². The van der Waals surface area contributed by atoms with E-state index in [1.165, 1.54) is 0 Å². The molecule has 2 atom stereocenters. The quantitative estimate of drug-likeness (QED) is 0.883. The first kappa shape index (κ1) is 12.2. The van der Waals surface area contributed by atoms with Crippen LogP contribution in [0.25, 0.3) is 0 Å². The molecule has 1 rings (SSSR count). The molecule has 0 aliphatic rings. The van der Waals surface area contributed by atoms with Gasteiger partial charge < -0.3 is 10.2 Å². The van der Waals surface area contributed by atoms with Crippen LogP contribution in [-0.2, 0) is 0 Å². The maximum atomic E-state index is 9.80. The molecule has 4 heteroatoms. The second-order valence-electron chi connectivity index (χ2n) is 3.38. The minimum absolute atomic E-state index is 0.0763. The molecule has 0 radical (unpaired) electrons. The molecule has 15 heavy (non-hydrogen) atoms. The van der Waals surface area contributed by atoms with E-state index in [4.69, 9.17) is 5.26 Å². The van der Waals surface area contributed by atoms with Gasteiger partial charge >= 0.3 is 0 Å². The van der Waals surface area contributed by atoms with Crippen molar-refractivity contribution in [2.75, 3.05) is 0 Å². The molecule has 0 saturated carbocycles. The standard InChI is InChI=1S/C11H12BrNO2/c1-7-2-3-8(12)6-9(7)11(15)10(14)4-5-13/h2-3,6,10-11,14-15H,4H2,1H3. The van der Waals surface area contributed by atoms with Gasteiger partial charge in [0.1, 0.15) is 6.10 Å². The molecule has 2 N–H and O–H groups in total. The van der Waals surface area contributed by atoms with E-state index in [1.807, 2.05) is 25.1 Å². The molecule has 0 aliphatic heterocycles. The van der Waals surface area contributed by atoms with Crippen LogP contribution in [0.2, 0.25) is 0 Å². The third kappa shape index (κ3) is 3.03. The van der Waals surface area contributed by atoms with Crippen molar-refractivity contribution in [3.63, 3.8) is 0 Å². The Bertz CT molecular complexity index is 387. The Labute approximate surface area is 97.1 Å². The van der Waals surface area contributed by atoms with Crippen LogP contribution in [0.15, 0.2) is 22.7 Å². The number of hydrogen-bond donors (Lipinski definition) is 2. The van der Waals surface area contributed by atoms with Crippen LogP contribution in [-0.4, -0.2) is 16.3 Å². The first-order valence-electron chi connectivity index (χ1n) is 4.55. The minimum Gasteiger partial charge on any atom is -0.389 e. The molecule has 0 fully saturated rings. The molecule has 80 valence electrons. The Morgan fingerprint density at radius 2 is 2.13 bits per heavy atom. The molecule has 0 saturated heterocycles. The Kier molecular flexibility index (Phi) is 4.28. The van der Waals surface area contributed by atoms with Crippen molar-refractivity contribution in [2.45, 2.75) is 25.6 Å². The first-order chi connectivity index (χ1) is 7.06. The van der Waals surface area contributed by atoms with Crippen LogP contribution in [0, 0.1) is 18.3 Å². The largest absolute Gasteiger partial charge is 0.389 e. The van der Waals surface area contributed by atoms with Gasteiger partial charge in [0, 0.05) is 4.47 Å². The van der Waals surface area contributed by atoms with Gasteiger partial charge in [-0.3, -0.25) is 0 Å². The van der Waals surface area contributed by atoms with Crippen molar-refractivity contribution in [1.82, 2.24) is 0 Å². The van der Waals surface area contributed by atoms with E-state index >= 15 is 0 Å². The van der Waals surface area contributed by atoms with Crippen molar-refractivity contribution >= 4 is 15.9 Å². The van der Waals surface area contributed by atoms with Crippen LogP contribution in [0.3, 0.4) is 0 Å². The number of aliphatic hydroxyl groups is 2. The molecule has 1 aromatic rings. The Balaban J connectivity index is 2.95. The number of aliphatic hydroxyl groups excluding tert-OH is 2. The molecule has 0 aromatic heterocycles. The van der Waals surface area contributed by atoms with Crippen molar-refractivity contribution < 1.29 is 10.2 Å². The van der Waals surface area contributed by atoms with E-state index in [2.05, 4.69) is 15.9 Å². The molecular weight excluding hydrogens is 258 g/mol. The predicted octanol–water partition coefficient (Wildman–Crippen LogP) is 2.07. The van der Waals surface area contributed by atoms with Gasteiger partial charge in [0.2, 0.25) is 0 Å². The molecule has 3 nitrogen and oxygen atoms in total. The summed E-state index contributed by atoms with van der Waals surface area (Å²) in [7, 11) is 0. The second-order valence-corrected chi connectivity index (χ2v) is 4.29. The van der Waals surface area contributed by atoms with Crippen molar-refractivity contribution in [1.29, 1.82) is 5.26 Å². The molecule has 0 amide bonds. The number of halogens is 1. The maximum absolute atomic E-state index is 9.80. The fourth-order valence-corrected chi connectivity index (χ4v) is 1.72. The Morgan fingerprint density at radius 3 is 2.73 bits per heavy atom. The minimum atomic E-state index is -1.04. The molecule has 2 unspecified atom stereocenters. The van der Waals surface area contributed by atoms with Crippen LogP contribution in [0.5, 0.6) is 0 Å². The number of rotatable bonds is 3. The SMILES string of the molecule is Cc1ccc(Br)cc1C(O)C(O)CC#N. The summed E-state index contributed by atoms with van der Waals surface area (Å²) in [4.78, 5) is 0. The van der Waals surface area contributed by atoms with Crippen molar-refractivity contribution in [3.05, 3.63) is 33.8 Å². The van der Waals surface area contributed by atoms with Gasteiger partial charge in [-0.1, -0.05) is 22.0 Å². The zero-order valence-corrected chi connectivity index (χ0v) is 9.90. The van der Waals surface area contributed by atoms with E-state index in [1.54, 1.807) is 6.07 Å². The van der Waals surface area contributed by atoms with Gasteiger partial charge in [-0.2, -0.15) is 5.26 Å². The van der Waals surface area contributed by atoms with Crippen LogP contribution >= 0.6 is 15.9 Å². The third-order valence-electron chi connectivity index (χ3n) is 2.22. The third-order valence-corrected chi connectivity index (χ3v) is 2.72. The normalized spacial score (nSPS) is 14.3. The van der Waals surface area contributed by atoms with Crippen LogP contribution in [0.4, 0.5) is 0 Å². The lowest BCUT2D eigenvalue weighted by molar-refractivity contribution is 0.0212. The summed E-state index contributed by atoms with van der Waals surface area (Å²) in [6.45, 7) is 1.85. The number of hydrogen-bond acceptors (Lipinski definition) is 3. The van der Waals surface area contributed by atoms with Crippen LogP contribution < -0.4 is 0 Å². The number of aryl methyl sites for hydroxylation is 1. The maximum Gasteiger partial charge on any atom is 0.106 e. The molecule has 0 heterocycles. The first-order valence-corrected chi connectivity index (χ1v) is 5.34. The average Bonchev–Trinajstić information content (AvgIpc) is 2.21. The van der Waals surface area contributed by atoms with Gasteiger partial charge in [-0.25, -0.2) is 0 Å². The smallest absolute Gasteiger partial charge is 0.106 e. The van der Waals surface area contributed by atoms with E-state index in [0.717, 1.165) is 10.0 Å². The van der Waals surface area contributed by atoms with E-state index in [9.17, 15) is 10.2 Å². The summed E-state index contributed by atoms with van der Waals surface area (Å²) in [6.07, 6.45) is -2.13. The Hall–Kier alpha value is -0.890.